The Kier molecular flexibility index (Phi) is 19.8. The van der Waals surface area contributed by atoms with Gasteiger partial charge in [-0.3, -0.25) is 9.59 Å². The first-order chi connectivity index (χ1) is 41.6. The van der Waals surface area contributed by atoms with Gasteiger partial charge in [0.05, 0.1) is 78.6 Å². The number of carbonyl (C=O) groups excluding carboxylic acids is 3. The van der Waals surface area contributed by atoms with Gasteiger partial charge in [0, 0.05) is 74.2 Å². The van der Waals surface area contributed by atoms with E-state index in [-0.39, 0.29) is 78.2 Å². The number of ketones is 1. The number of aliphatic hydroxyl groups excluding tert-OH is 6. The lowest BCUT2D eigenvalue weighted by Crippen LogP contribution is -2.58. The largest absolute Gasteiger partial charge is 0.507 e. The zero-order valence-electron chi connectivity index (χ0n) is 50.2. The Balaban J connectivity index is 0.938. The Hall–Kier alpha value is -5.28. The lowest BCUT2D eigenvalue weighted by molar-refractivity contribution is -0.334. The van der Waals surface area contributed by atoms with E-state index in [0.717, 1.165) is 7.11 Å². The zero-order chi connectivity index (χ0) is 63.5. The molecule has 0 unspecified atom stereocenters. The van der Waals surface area contributed by atoms with Crippen LogP contribution in [0.3, 0.4) is 0 Å². The molecule has 0 saturated carbocycles. The number of halogens is 1. The fraction of sp³-hybridized carbons (Fsp3) is 0.656. The maximum Gasteiger partial charge on any atom is 0.328 e. The molecule has 0 radical (unpaired) electrons. The van der Waals surface area contributed by atoms with Gasteiger partial charge in [0.15, 0.2) is 30.9 Å². The van der Waals surface area contributed by atoms with Gasteiger partial charge in [0.25, 0.3) is 0 Å². The molecule has 486 valence electrons. The standard InChI is InChI=1S/C61H81FN2O24/c1-23-38(84-43-18-39(51(68)25(3)80-43)85-42-17-37(65)50(67)24(2)79-42)15-30-12-29-13-34(57(77-8)59(74)64-36(60(75)78-9)14-31-22-63-35-16-32(62)10-11-33(31)35)56(55(72)48(29)54(71)47(30)49(23)66)88-45-20-40(52(69)27(5)82-45)86-44-19-41(53(70)26(4)81-44)87-46-21-61(7,76)58(73)28(6)83-46/h10-12,15-16,22,24-28,34,36-37,39-46,50-53,56-58,63,65-71,73,76H,13-14,17-21H2,1-9H3,(H,64,74)/t24-,25-,26-,27-,28-,34-,36+,37-,39-,40-,41-,42+,43+,44+,45+,46+,50-,51-,52-,53+,56+,57+,58-,61+/m1/s1. The number of rotatable bonds is 17. The number of Topliss-reactive ketones (excluding diaryl/α,β-unsaturated/α-hetero) is 1. The highest BCUT2D eigenvalue weighted by Crippen LogP contribution is 2.48. The first-order valence-corrected chi connectivity index (χ1v) is 29.7. The van der Waals surface area contributed by atoms with Crippen molar-refractivity contribution in [3.63, 3.8) is 0 Å². The Morgan fingerprint density at radius 2 is 1.30 bits per heavy atom. The molecule has 1 aliphatic carbocycles. The lowest BCUT2D eigenvalue weighted by atomic mass is 9.76. The molecule has 27 heteroatoms. The van der Waals surface area contributed by atoms with Crippen LogP contribution in [0.5, 0.6) is 17.2 Å². The molecule has 11 N–H and O–H groups in total. The molecule has 0 bridgehead atoms. The van der Waals surface area contributed by atoms with Crippen LogP contribution >= 0.6 is 0 Å². The van der Waals surface area contributed by atoms with Gasteiger partial charge in [-0.15, -0.1) is 0 Å². The number of aliphatic hydroxyl groups is 7. The molecule has 10 rings (SSSR count). The third-order valence-corrected chi connectivity index (χ3v) is 18.1. The van der Waals surface area contributed by atoms with Crippen molar-refractivity contribution in [1.82, 2.24) is 10.3 Å². The molecule has 6 heterocycles. The molecule has 5 saturated heterocycles. The van der Waals surface area contributed by atoms with Gasteiger partial charge in [0.2, 0.25) is 12.2 Å². The number of fused-ring (bicyclic) bond motifs is 3. The van der Waals surface area contributed by atoms with Crippen LogP contribution in [0, 0.1) is 18.7 Å². The van der Waals surface area contributed by atoms with Gasteiger partial charge in [-0.05, 0) is 102 Å². The van der Waals surface area contributed by atoms with E-state index < -0.39 is 182 Å². The molecule has 3 aromatic carbocycles. The van der Waals surface area contributed by atoms with Crippen LogP contribution in [-0.4, -0.2) is 224 Å². The number of nitrogens with one attached hydrogen (secondary N) is 2. The van der Waals surface area contributed by atoms with Gasteiger partial charge < -0.3 is 113 Å². The Morgan fingerprint density at radius 1 is 0.739 bits per heavy atom. The Bertz CT molecular complexity index is 3150. The number of aromatic nitrogens is 1. The molecule has 5 aliphatic heterocycles. The second-order valence-electron chi connectivity index (χ2n) is 24.4. The van der Waals surface area contributed by atoms with Crippen molar-refractivity contribution in [2.75, 3.05) is 14.2 Å². The number of phenols is 2. The van der Waals surface area contributed by atoms with Crippen LogP contribution in [0.2, 0.25) is 0 Å². The molecule has 0 spiro atoms. The summed E-state index contributed by atoms with van der Waals surface area (Å²) in [6.07, 6.45) is -22.7. The van der Waals surface area contributed by atoms with Crippen LogP contribution in [0.1, 0.15) is 101 Å². The molecule has 88 heavy (non-hydrogen) atoms. The van der Waals surface area contributed by atoms with E-state index in [1.807, 2.05) is 0 Å². The molecule has 1 amide bonds. The topological polar surface area (TPSA) is 372 Å². The van der Waals surface area contributed by atoms with Crippen molar-refractivity contribution in [2.45, 2.75) is 234 Å². The minimum absolute atomic E-state index is 0.0560. The van der Waals surface area contributed by atoms with Crippen LogP contribution in [0.15, 0.2) is 36.5 Å². The van der Waals surface area contributed by atoms with E-state index in [9.17, 15) is 59.9 Å². The van der Waals surface area contributed by atoms with Gasteiger partial charge in [-0.1, -0.05) is 0 Å². The summed E-state index contributed by atoms with van der Waals surface area (Å²) in [7, 11) is 2.36. The van der Waals surface area contributed by atoms with E-state index in [1.165, 1.54) is 51.3 Å². The number of carbonyl (C=O) groups is 3. The summed E-state index contributed by atoms with van der Waals surface area (Å²) in [6, 6.07) is 5.75. The molecule has 4 aromatic rings. The van der Waals surface area contributed by atoms with Crippen LogP contribution in [0.4, 0.5) is 4.39 Å². The summed E-state index contributed by atoms with van der Waals surface area (Å²) in [5.74, 6) is -5.41. The highest BCUT2D eigenvalue weighted by Gasteiger charge is 2.51. The molecular weight excluding hydrogens is 1160 g/mol. The number of hydrogen-bond acceptors (Lipinski definition) is 24. The Morgan fingerprint density at radius 3 is 1.89 bits per heavy atom. The highest BCUT2D eigenvalue weighted by molar-refractivity contribution is 6.11. The number of amides is 1. The first-order valence-electron chi connectivity index (χ1n) is 29.7. The molecule has 26 nitrogen and oxygen atoms in total. The number of benzene rings is 3. The maximum absolute atomic E-state index is 15.4. The average molecular weight is 1250 g/mol. The summed E-state index contributed by atoms with van der Waals surface area (Å²) in [4.78, 5) is 46.8. The van der Waals surface area contributed by atoms with Crippen molar-refractivity contribution in [3.05, 3.63) is 64.6 Å². The van der Waals surface area contributed by atoms with Crippen molar-refractivity contribution < 1.29 is 122 Å². The van der Waals surface area contributed by atoms with E-state index >= 15 is 4.79 Å². The smallest absolute Gasteiger partial charge is 0.328 e. The number of ether oxygens (including phenoxy) is 12. The third-order valence-electron chi connectivity index (χ3n) is 18.1. The average Bonchev–Trinajstić information content (AvgIpc) is 1.44. The summed E-state index contributed by atoms with van der Waals surface area (Å²) in [5.41, 5.74) is -0.562. The first kappa shape index (κ1) is 65.7. The molecule has 24 atom stereocenters. The predicted molar refractivity (Wildman–Crippen MR) is 302 cm³/mol. The number of phenolic OH excluding ortho intramolecular Hbond substituents is 2. The van der Waals surface area contributed by atoms with Crippen molar-refractivity contribution in [2.24, 2.45) is 5.92 Å². The van der Waals surface area contributed by atoms with E-state index in [4.69, 9.17) is 56.8 Å². The maximum atomic E-state index is 15.4. The molecule has 1 aromatic heterocycles. The third kappa shape index (κ3) is 13.4. The van der Waals surface area contributed by atoms with Crippen LogP contribution < -0.4 is 10.1 Å². The normalized spacial score (nSPS) is 37.9. The van der Waals surface area contributed by atoms with Crippen molar-refractivity contribution in [1.29, 1.82) is 0 Å². The molecule has 5 fully saturated rings. The minimum atomic E-state index is -1.70. The molecular formula is C61H81FN2O24. The fourth-order valence-electron chi connectivity index (χ4n) is 13.0. The van der Waals surface area contributed by atoms with Gasteiger partial charge in [-0.25, -0.2) is 9.18 Å². The number of esters is 1. The van der Waals surface area contributed by atoms with Crippen LogP contribution in [-0.2, 0) is 74.5 Å². The van der Waals surface area contributed by atoms with E-state index in [2.05, 4.69) is 10.3 Å². The lowest BCUT2D eigenvalue weighted by Gasteiger charge is -2.46. The van der Waals surface area contributed by atoms with Gasteiger partial charge in [0.1, 0.15) is 71.8 Å². The monoisotopic (exact) mass is 1240 g/mol. The SMILES string of the molecule is COC(=O)[C@H](Cc1c[nH]c2cc(F)ccc12)NC(=O)[C@@H](OC)[C@@H]1Cc2cc3cc(O[C@H]4C[C@@H](O[C@H]5C[C@@H](O)[C@H](O)[C@@H](C)O5)[C@H](O)[C@@H](C)O4)c(C)c(O)c3c(O)c2C(=O)[C@H]1O[C@H]1C[C@@H](O[C@H]2C[C@@H](O[C@H]3C[C@](C)(O)[C@H](O)[C@@H](C)O3)[C@@H](O)[C@@H](C)O2)[C@H](O)[C@@H](C)O1. The summed E-state index contributed by atoms with van der Waals surface area (Å²) < 4.78 is 86.8. The number of aromatic hydroxyl groups is 2. The highest BCUT2D eigenvalue weighted by atomic mass is 19.1. The number of H-pyrrole nitrogens is 1. The number of methoxy groups -OCH3 is 2. The van der Waals surface area contributed by atoms with E-state index in [0.29, 0.717) is 16.5 Å². The fourth-order valence-corrected chi connectivity index (χ4v) is 13.0. The van der Waals surface area contributed by atoms with Crippen LogP contribution in [0.25, 0.3) is 21.7 Å². The molecule has 6 aliphatic rings. The number of hydrogen-bond donors (Lipinski definition) is 11. The second kappa shape index (κ2) is 26.5. The van der Waals surface area contributed by atoms with Gasteiger partial charge in [-0.2, -0.15) is 0 Å². The van der Waals surface area contributed by atoms with Crippen molar-refractivity contribution >= 4 is 39.3 Å². The van der Waals surface area contributed by atoms with Crippen molar-refractivity contribution in [3.8, 4) is 17.2 Å². The summed E-state index contributed by atoms with van der Waals surface area (Å²) >= 11 is 0. The second-order valence-corrected chi connectivity index (χ2v) is 24.4. The van der Waals surface area contributed by atoms with E-state index in [1.54, 1.807) is 40.8 Å². The number of aromatic amines is 1. The zero-order valence-corrected chi connectivity index (χ0v) is 50.2. The predicted octanol–water partition coefficient (Wildman–Crippen LogP) is 1.96. The minimum Gasteiger partial charge on any atom is -0.507 e. The summed E-state index contributed by atoms with van der Waals surface area (Å²) in [5, 5.41) is 104. The quantitative estimate of drug-likeness (QED) is 0.0673. The van der Waals surface area contributed by atoms with Gasteiger partial charge >= 0.3 is 5.97 Å². The Labute approximate surface area is 505 Å². The summed E-state index contributed by atoms with van der Waals surface area (Å²) in [6.45, 7) is 10.9.